The van der Waals surface area contributed by atoms with E-state index in [2.05, 4.69) is 6.92 Å². The van der Waals surface area contributed by atoms with E-state index in [9.17, 15) is 8.42 Å². The van der Waals surface area contributed by atoms with Crippen LogP contribution in [0.15, 0.2) is 40.6 Å². The number of ether oxygens (including phenoxy) is 1. The highest BCUT2D eigenvalue weighted by Crippen LogP contribution is 2.27. The van der Waals surface area contributed by atoms with E-state index >= 15 is 0 Å². The Balaban J connectivity index is 2.23. The van der Waals surface area contributed by atoms with Gasteiger partial charge < -0.3 is 4.74 Å². The lowest BCUT2D eigenvalue weighted by Gasteiger charge is -2.06. The minimum Gasteiger partial charge on any atom is -0.497 e. The maximum atomic E-state index is 12.5. The molecule has 0 radical (unpaired) electrons. The zero-order valence-electron chi connectivity index (χ0n) is 11.6. The number of thiophene rings is 1. The second-order valence-electron chi connectivity index (χ2n) is 4.57. The third-order valence-electron chi connectivity index (χ3n) is 3.03. The molecule has 20 heavy (non-hydrogen) atoms. The smallest absolute Gasteiger partial charge is 0.183 e. The van der Waals surface area contributed by atoms with Gasteiger partial charge in [0.05, 0.1) is 17.8 Å². The Labute approximate surface area is 124 Å². The van der Waals surface area contributed by atoms with E-state index in [1.165, 1.54) is 11.3 Å². The summed E-state index contributed by atoms with van der Waals surface area (Å²) in [6, 6.07) is 8.87. The molecule has 0 unspecified atom stereocenters. The monoisotopic (exact) mass is 310 g/mol. The van der Waals surface area contributed by atoms with E-state index in [4.69, 9.17) is 4.74 Å². The Morgan fingerprint density at radius 3 is 2.45 bits per heavy atom. The summed E-state index contributed by atoms with van der Waals surface area (Å²) in [5, 5.41) is 1.85. The Hall–Kier alpha value is -1.33. The highest BCUT2D eigenvalue weighted by molar-refractivity contribution is 7.90. The first kappa shape index (κ1) is 15.1. The number of sulfone groups is 1. The molecule has 0 amide bonds. The van der Waals surface area contributed by atoms with E-state index < -0.39 is 9.84 Å². The average Bonchev–Trinajstić information content (AvgIpc) is 2.89. The maximum Gasteiger partial charge on any atom is 0.183 e. The van der Waals surface area contributed by atoms with Crippen molar-refractivity contribution in [1.82, 2.24) is 0 Å². The number of hydrogen-bond acceptors (Lipinski definition) is 4. The Kier molecular flexibility index (Phi) is 4.83. The molecule has 2 aromatic rings. The minimum atomic E-state index is -3.27. The summed E-state index contributed by atoms with van der Waals surface area (Å²) in [7, 11) is -1.68. The van der Waals surface area contributed by atoms with Crippen molar-refractivity contribution in [3.05, 3.63) is 46.2 Å². The quantitative estimate of drug-likeness (QED) is 0.817. The fraction of sp³-hybridized carbons (Fsp3) is 0.333. The van der Waals surface area contributed by atoms with Gasteiger partial charge in [-0.1, -0.05) is 25.5 Å². The standard InChI is InChI=1S/C15H18O3S2/c1-3-4-14-15(9-10-19-14)20(16,17)11-12-5-7-13(18-2)8-6-12/h5-10H,3-4,11H2,1-2H3. The van der Waals surface area contributed by atoms with Crippen LogP contribution in [0.4, 0.5) is 0 Å². The second-order valence-corrected chi connectivity index (χ2v) is 7.52. The van der Waals surface area contributed by atoms with Crippen molar-refractivity contribution in [3.63, 3.8) is 0 Å². The van der Waals surface area contributed by atoms with Gasteiger partial charge in [0, 0.05) is 4.88 Å². The molecule has 0 saturated carbocycles. The number of benzene rings is 1. The summed E-state index contributed by atoms with van der Waals surface area (Å²) in [6.45, 7) is 2.06. The van der Waals surface area contributed by atoms with Crippen LogP contribution >= 0.6 is 11.3 Å². The van der Waals surface area contributed by atoms with Crippen LogP contribution < -0.4 is 4.74 Å². The van der Waals surface area contributed by atoms with Gasteiger partial charge in [-0.2, -0.15) is 0 Å². The average molecular weight is 310 g/mol. The topological polar surface area (TPSA) is 43.4 Å². The molecule has 0 aliphatic rings. The molecule has 0 bridgehead atoms. The molecule has 0 aliphatic carbocycles. The summed E-state index contributed by atoms with van der Waals surface area (Å²) in [5.41, 5.74) is 0.777. The first-order valence-electron chi connectivity index (χ1n) is 6.49. The molecule has 0 N–H and O–H groups in total. The molecule has 0 atom stereocenters. The second kappa shape index (κ2) is 6.41. The van der Waals surface area contributed by atoms with Crippen molar-refractivity contribution in [2.75, 3.05) is 7.11 Å². The minimum absolute atomic E-state index is 0.0322. The van der Waals surface area contributed by atoms with Crippen molar-refractivity contribution in [2.45, 2.75) is 30.4 Å². The summed E-state index contributed by atoms with van der Waals surface area (Å²) >= 11 is 1.52. The molecular weight excluding hydrogens is 292 g/mol. The molecule has 5 heteroatoms. The zero-order valence-corrected chi connectivity index (χ0v) is 13.3. The zero-order chi connectivity index (χ0) is 14.6. The number of methoxy groups -OCH3 is 1. The Bertz CT molecular complexity index is 655. The van der Waals surface area contributed by atoms with Crippen LogP contribution in [0.25, 0.3) is 0 Å². The van der Waals surface area contributed by atoms with E-state index in [0.717, 1.165) is 29.0 Å². The SMILES string of the molecule is CCCc1sccc1S(=O)(=O)Cc1ccc(OC)cc1. The lowest BCUT2D eigenvalue weighted by molar-refractivity contribution is 0.414. The summed E-state index contributed by atoms with van der Waals surface area (Å²) in [6.07, 6.45) is 1.76. The van der Waals surface area contributed by atoms with Crippen LogP contribution in [0.3, 0.4) is 0 Å². The first-order chi connectivity index (χ1) is 9.56. The van der Waals surface area contributed by atoms with Crippen LogP contribution in [0.1, 0.15) is 23.8 Å². The third kappa shape index (κ3) is 3.41. The molecule has 1 heterocycles. The molecule has 0 spiro atoms. The molecule has 1 aromatic heterocycles. The molecule has 2 rings (SSSR count). The largest absolute Gasteiger partial charge is 0.497 e. The van der Waals surface area contributed by atoms with E-state index in [1.807, 2.05) is 5.38 Å². The van der Waals surface area contributed by atoms with Crippen molar-refractivity contribution in [2.24, 2.45) is 0 Å². The van der Waals surface area contributed by atoms with Gasteiger partial charge in [0.15, 0.2) is 9.84 Å². The normalized spacial score (nSPS) is 11.5. The highest BCUT2D eigenvalue weighted by Gasteiger charge is 2.20. The van der Waals surface area contributed by atoms with Gasteiger partial charge in [-0.25, -0.2) is 8.42 Å². The number of hydrogen-bond donors (Lipinski definition) is 0. The van der Waals surface area contributed by atoms with Gasteiger partial charge in [0.25, 0.3) is 0 Å². The fourth-order valence-corrected chi connectivity index (χ4v) is 5.03. The fourth-order valence-electron chi connectivity index (χ4n) is 2.03. The van der Waals surface area contributed by atoms with Crippen molar-refractivity contribution in [3.8, 4) is 5.75 Å². The third-order valence-corrected chi connectivity index (χ3v) is 5.91. The van der Waals surface area contributed by atoms with E-state index in [-0.39, 0.29) is 5.75 Å². The van der Waals surface area contributed by atoms with E-state index in [1.54, 1.807) is 37.4 Å². The van der Waals surface area contributed by atoms with E-state index in [0.29, 0.717) is 4.90 Å². The van der Waals surface area contributed by atoms with Gasteiger partial charge in [0.1, 0.15) is 5.75 Å². The van der Waals surface area contributed by atoms with Gasteiger partial charge >= 0.3 is 0 Å². The Morgan fingerprint density at radius 2 is 1.85 bits per heavy atom. The number of aryl methyl sites for hydroxylation is 1. The van der Waals surface area contributed by atoms with Crippen LogP contribution in [-0.2, 0) is 22.0 Å². The molecule has 108 valence electrons. The maximum absolute atomic E-state index is 12.5. The van der Waals surface area contributed by atoms with Crippen LogP contribution in [0, 0.1) is 0 Å². The molecular formula is C15H18O3S2. The molecule has 1 aromatic carbocycles. The molecule has 3 nitrogen and oxygen atoms in total. The van der Waals surface area contributed by atoms with Gasteiger partial charge in [-0.05, 0) is 35.6 Å². The van der Waals surface area contributed by atoms with Crippen LogP contribution in [0.2, 0.25) is 0 Å². The summed E-state index contributed by atoms with van der Waals surface area (Å²) in [4.78, 5) is 1.45. The summed E-state index contributed by atoms with van der Waals surface area (Å²) < 4.78 is 30.1. The number of rotatable bonds is 6. The first-order valence-corrected chi connectivity index (χ1v) is 9.02. The molecule has 0 aliphatic heterocycles. The predicted octanol–water partition coefficient (Wildman–Crippen LogP) is 3.68. The van der Waals surface area contributed by atoms with Gasteiger partial charge in [-0.3, -0.25) is 0 Å². The van der Waals surface area contributed by atoms with Crippen LogP contribution in [-0.4, -0.2) is 15.5 Å². The predicted molar refractivity (Wildman–Crippen MR) is 82.2 cm³/mol. The molecule has 0 fully saturated rings. The van der Waals surface area contributed by atoms with Crippen molar-refractivity contribution >= 4 is 21.2 Å². The van der Waals surface area contributed by atoms with Crippen molar-refractivity contribution in [1.29, 1.82) is 0 Å². The lowest BCUT2D eigenvalue weighted by Crippen LogP contribution is -2.06. The summed E-state index contributed by atoms with van der Waals surface area (Å²) in [5.74, 6) is 0.762. The van der Waals surface area contributed by atoms with Gasteiger partial charge in [0.2, 0.25) is 0 Å². The highest BCUT2D eigenvalue weighted by atomic mass is 32.2. The lowest BCUT2D eigenvalue weighted by atomic mass is 10.2. The van der Waals surface area contributed by atoms with Crippen molar-refractivity contribution < 1.29 is 13.2 Å². The Morgan fingerprint density at radius 1 is 1.15 bits per heavy atom. The van der Waals surface area contributed by atoms with Gasteiger partial charge in [-0.15, -0.1) is 11.3 Å². The molecule has 0 saturated heterocycles. The van der Waals surface area contributed by atoms with Crippen LogP contribution in [0.5, 0.6) is 5.75 Å².